The number of oxazole rings is 1. The maximum atomic E-state index is 12.1. The zero-order valence-electron chi connectivity index (χ0n) is 10.9. The SMILES string of the molecule is O=C(Nc1ccc2oc(C3CC3)nc2c1)c1ccoc1Br. The Morgan fingerprint density at radius 3 is 2.90 bits per heavy atom. The molecule has 1 aliphatic carbocycles. The van der Waals surface area contributed by atoms with Crippen molar-refractivity contribution in [3.05, 3.63) is 46.7 Å². The van der Waals surface area contributed by atoms with Gasteiger partial charge in [0.2, 0.25) is 0 Å². The number of nitrogens with zero attached hydrogens (tertiary/aromatic N) is 1. The van der Waals surface area contributed by atoms with E-state index in [1.54, 1.807) is 12.1 Å². The van der Waals surface area contributed by atoms with Crippen molar-refractivity contribution in [3.63, 3.8) is 0 Å². The number of halogens is 1. The van der Waals surface area contributed by atoms with E-state index in [9.17, 15) is 4.79 Å². The summed E-state index contributed by atoms with van der Waals surface area (Å²) in [5.41, 5.74) is 2.64. The molecule has 1 aliphatic rings. The van der Waals surface area contributed by atoms with Gasteiger partial charge in [0.1, 0.15) is 5.52 Å². The number of hydrogen-bond acceptors (Lipinski definition) is 4. The number of furan rings is 1. The summed E-state index contributed by atoms with van der Waals surface area (Å²) in [5, 5.41) is 2.82. The summed E-state index contributed by atoms with van der Waals surface area (Å²) in [5.74, 6) is 1.03. The van der Waals surface area contributed by atoms with Gasteiger partial charge in [-0.05, 0) is 53.0 Å². The van der Waals surface area contributed by atoms with Crippen molar-refractivity contribution < 1.29 is 13.6 Å². The lowest BCUT2D eigenvalue weighted by atomic mass is 10.2. The third kappa shape index (κ3) is 2.35. The van der Waals surface area contributed by atoms with Crippen LogP contribution >= 0.6 is 15.9 Å². The van der Waals surface area contributed by atoms with Gasteiger partial charge in [0.15, 0.2) is 16.1 Å². The highest BCUT2D eigenvalue weighted by Crippen LogP contribution is 2.40. The van der Waals surface area contributed by atoms with E-state index in [4.69, 9.17) is 8.83 Å². The number of carbonyl (C=O) groups is 1. The van der Waals surface area contributed by atoms with Gasteiger partial charge in [0.25, 0.3) is 5.91 Å². The molecule has 0 bridgehead atoms. The number of aromatic nitrogens is 1. The summed E-state index contributed by atoms with van der Waals surface area (Å²) >= 11 is 3.19. The fourth-order valence-corrected chi connectivity index (χ4v) is 2.60. The van der Waals surface area contributed by atoms with E-state index in [-0.39, 0.29) is 5.91 Å². The van der Waals surface area contributed by atoms with E-state index in [0.717, 1.165) is 29.8 Å². The highest BCUT2D eigenvalue weighted by Gasteiger charge is 2.28. The Morgan fingerprint density at radius 2 is 2.19 bits per heavy atom. The van der Waals surface area contributed by atoms with Gasteiger partial charge in [0, 0.05) is 11.6 Å². The highest BCUT2D eigenvalue weighted by atomic mass is 79.9. The third-order valence-electron chi connectivity index (χ3n) is 3.45. The Bertz CT molecular complexity index is 832. The number of benzene rings is 1. The number of anilines is 1. The Labute approximate surface area is 128 Å². The predicted octanol–water partition coefficient (Wildman–Crippen LogP) is 4.31. The Morgan fingerprint density at radius 1 is 1.33 bits per heavy atom. The maximum absolute atomic E-state index is 12.1. The molecule has 0 spiro atoms. The van der Waals surface area contributed by atoms with E-state index in [1.807, 2.05) is 12.1 Å². The molecule has 2 aromatic heterocycles. The number of carbonyl (C=O) groups excluding carboxylic acids is 1. The number of hydrogen-bond donors (Lipinski definition) is 1. The van der Waals surface area contributed by atoms with Crippen LogP contribution in [0.4, 0.5) is 5.69 Å². The standard InChI is InChI=1S/C15H11BrN2O3/c16-13-10(5-6-20-13)14(19)17-9-3-4-12-11(7-9)18-15(21-12)8-1-2-8/h3-8H,1-2H2,(H,17,19). The molecule has 0 aliphatic heterocycles. The fraction of sp³-hybridized carbons (Fsp3) is 0.200. The lowest BCUT2D eigenvalue weighted by molar-refractivity contribution is 0.102. The fourth-order valence-electron chi connectivity index (χ4n) is 2.18. The Kier molecular flexibility index (Phi) is 2.85. The summed E-state index contributed by atoms with van der Waals surface area (Å²) in [4.78, 5) is 16.6. The van der Waals surface area contributed by atoms with Gasteiger partial charge in [-0.25, -0.2) is 4.98 Å². The number of rotatable bonds is 3. The molecule has 1 aromatic carbocycles. The first kappa shape index (κ1) is 12.6. The molecule has 3 aromatic rings. The second kappa shape index (κ2) is 4.73. The van der Waals surface area contributed by atoms with Crippen molar-refractivity contribution in [1.82, 2.24) is 4.98 Å². The zero-order chi connectivity index (χ0) is 14.4. The van der Waals surface area contributed by atoms with Crippen LogP contribution in [0.5, 0.6) is 0 Å². The van der Waals surface area contributed by atoms with E-state index >= 15 is 0 Å². The first-order chi connectivity index (χ1) is 10.2. The number of nitrogens with one attached hydrogen (secondary N) is 1. The van der Waals surface area contributed by atoms with Gasteiger partial charge in [-0.1, -0.05) is 0 Å². The van der Waals surface area contributed by atoms with Crippen LogP contribution in [0.15, 0.2) is 44.0 Å². The van der Waals surface area contributed by atoms with Gasteiger partial charge in [-0.2, -0.15) is 0 Å². The van der Waals surface area contributed by atoms with Crippen molar-refractivity contribution >= 4 is 38.6 Å². The number of fused-ring (bicyclic) bond motifs is 1. The molecule has 4 rings (SSSR count). The smallest absolute Gasteiger partial charge is 0.260 e. The number of amides is 1. The molecule has 0 atom stereocenters. The van der Waals surface area contributed by atoms with Gasteiger partial charge in [0.05, 0.1) is 11.8 Å². The summed E-state index contributed by atoms with van der Waals surface area (Å²) in [6.45, 7) is 0. The molecule has 2 heterocycles. The third-order valence-corrected chi connectivity index (χ3v) is 4.07. The minimum Gasteiger partial charge on any atom is -0.457 e. The van der Waals surface area contributed by atoms with Crippen LogP contribution in [0, 0.1) is 0 Å². The summed E-state index contributed by atoms with van der Waals surface area (Å²) in [6.07, 6.45) is 3.75. The van der Waals surface area contributed by atoms with Crippen LogP contribution in [0.3, 0.4) is 0 Å². The first-order valence-electron chi connectivity index (χ1n) is 6.65. The quantitative estimate of drug-likeness (QED) is 0.766. The molecule has 21 heavy (non-hydrogen) atoms. The van der Waals surface area contributed by atoms with Crippen molar-refractivity contribution in [2.45, 2.75) is 18.8 Å². The topological polar surface area (TPSA) is 68.3 Å². The van der Waals surface area contributed by atoms with E-state index in [2.05, 4.69) is 26.2 Å². The summed E-state index contributed by atoms with van der Waals surface area (Å²) in [7, 11) is 0. The molecule has 5 nitrogen and oxygen atoms in total. The minimum absolute atomic E-state index is 0.235. The van der Waals surface area contributed by atoms with Crippen molar-refractivity contribution in [2.75, 3.05) is 5.32 Å². The molecule has 0 unspecified atom stereocenters. The van der Waals surface area contributed by atoms with Gasteiger partial charge in [-0.3, -0.25) is 4.79 Å². The molecule has 1 fully saturated rings. The molecule has 0 radical (unpaired) electrons. The molecule has 1 saturated carbocycles. The van der Waals surface area contributed by atoms with Crippen LogP contribution in [0.2, 0.25) is 0 Å². The lowest BCUT2D eigenvalue weighted by Gasteiger charge is -2.03. The largest absolute Gasteiger partial charge is 0.457 e. The second-order valence-electron chi connectivity index (χ2n) is 5.07. The van der Waals surface area contributed by atoms with E-state index < -0.39 is 0 Å². The van der Waals surface area contributed by atoms with Crippen molar-refractivity contribution in [3.8, 4) is 0 Å². The summed E-state index contributed by atoms with van der Waals surface area (Å²) in [6, 6.07) is 7.06. The molecular weight excluding hydrogens is 336 g/mol. The van der Waals surface area contributed by atoms with E-state index in [1.165, 1.54) is 6.26 Å². The highest BCUT2D eigenvalue weighted by molar-refractivity contribution is 9.10. The van der Waals surface area contributed by atoms with Gasteiger partial charge in [-0.15, -0.1) is 0 Å². The Balaban J connectivity index is 1.61. The van der Waals surface area contributed by atoms with Crippen molar-refractivity contribution in [2.24, 2.45) is 0 Å². The predicted molar refractivity (Wildman–Crippen MR) is 80.3 cm³/mol. The zero-order valence-corrected chi connectivity index (χ0v) is 12.5. The van der Waals surface area contributed by atoms with E-state index in [0.29, 0.717) is 21.8 Å². The summed E-state index contributed by atoms with van der Waals surface area (Å²) < 4.78 is 11.2. The first-order valence-corrected chi connectivity index (χ1v) is 7.45. The minimum atomic E-state index is -0.235. The monoisotopic (exact) mass is 346 g/mol. The molecule has 6 heteroatoms. The van der Waals surface area contributed by atoms with Crippen LogP contribution in [-0.4, -0.2) is 10.9 Å². The lowest BCUT2D eigenvalue weighted by Crippen LogP contribution is -2.11. The van der Waals surface area contributed by atoms with Crippen LogP contribution in [0.25, 0.3) is 11.1 Å². The molecule has 0 saturated heterocycles. The Hall–Kier alpha value is -2.08. The molecule has 1 amide bonds. The van der Waals surface area contributed by atoms with Gasteiger partial charge >= 0.3 is 0 Å². The molecular formula is C15H11BrN2O3. The van der Waals surface area contributed by atoms with Crippen LogP contribution < -0.4 is 5.32 Å². The average Bonchev–Trinajstić information content (AvgIpc) is 3.09. The maximum Gasteiger partial charge on any atom is 0.260 e. The average molecular weight is 347 g/mol. The molecule has 106 valence electrons. The van der Waals surface area contributed by atoms with Crippen LogP contribution in [-0.2, 0) is 0 Å². The van der Waals surface area contributed by atoms with Crippen LogP contribution in [0.1, 0.15) is 35.0 Å². The van der Waals surface area contributed by atoms with Gasteiger partial charge < -0.3 is 14.2 Å². The van der Waals surface area contributed by atoms with Crippen molar-refractivity contribution in [1.29, 1.82) is 0 Å². The molecule has 1 N–H and O–H groups in total. The second-order valence-corrected chi connectivity index (χ2v) is 5.79. The normalized spacial score (nSPS) is 14.5.